The fraction of sp³-hybridized carbons (Fsp3) is 0.167. The second kappa shape index (κ2) is 5.12. The maximum Gasteiger partial charge on any atom is 0.289 e. The van der Waals surface area contributed by atoms with Crippen molar-refractivity contribution in [3.63, 3.8) is 0 Å². The van der Waals surface area contributed by atoms with Gasteiger partial charge in [-0.2, -0.15) is 5.10 Å². The lowest BCUT2D eigenvalue weighted by Crippen LogP contribution is -2.19. The molecule has 6 heteroatoms. The Morgan fingerprint density at radius 1 is 1.39 bits per heavy atom. The lowest BCUT2D eigenvalue weighted by atomic mass is 10.2. The highest BCUT2D eigenvalue weighted by atomic mass is 79.9. The average Bonchev–Trinajstić information content (AvgIpc) is 2.33. The number of hydrogen-bond acceptors (Lipinski definition) is 3. The monoisotopic (exact) mass is 328 g/mol. The first-order chi connectivity index (χ1) is 8.49. The molecule has 0 saturated heterocycles. The molecular formula is C12H10BrClN2O2. The van der Waals surface area contributed by atoms with Gasteiger partial charge in [0.15, 0.2) is 10.8 Å². The summed E-state index contributed by atoms with van der Waals surface area (Å²) < 4.78 is 7.52. The third-order valence-corrected chi connectivity index (χ3v) is 3.32. The molecule has 0 atom stereocenters. The molecule has 18 heavy (non-hydrogen) atoms. The van der Waals surface area contributed by atoms with Crippen LogP contribution in [0.15, 0.2) is 33.7 Å². The van der Waals surface area contributed by atoms with Crippen LogP contribution in [0, 0.1) is 6.92 Å². The minimum Gasteiger partial charge on any atom is -0.453 e. The van der Waals surface area contributed by atoms with Crippen LogP contribution in [0.4, 0.5) is 0 Å². The summed E-state index contributed by atoms with van der Waals surface area (Å²) in [6.07, 6.45) is 1.41. The summed E-state index contributed by atoms with van der Waals surface area (Å²) in [4.78, 5) is 11.6. The van der Waals surface area contributed by atoms with Gasteiger partial charge in [-0.3, -0.25) is 4.79 Å². The molecule has 2 aromatic rings. The number of rotatable bonds is 2. The van der Waals surface area contributed by atoms with Gasteiger partial charge in [0.1, 0.15) is 5.75 Å². The number of halogens is 2. The predicted octanol–water partition coefficient (Wildman–Crippen LogP) is 3.30. The average molecular weight is 330 g/mol. The van der Waals surface area contributed by atoms with Crippen molar-refractivity contribution in [2.24, 2.45) is 7.05 Å². The smallest absolute Gasteiger partial charge is 0.289 e. The summed E-state index contributed by atoms with van der Waals surface area (Å²) in [5, 5.41) is 3.88. The summed E-state index contributed by atoms with van der Waals surface area (Å²) >= 11 is 9.31. The Kier molecular flexibility index (Phi) is 3.73. The Balaban J connectivity index is 2.40. The highest BCUT2D eigenvalue weighted by Crippen LogP contribution is 2.32. The minimum absolute atomic E-state index is 0.0139. The third kappa shape index (κ3) is 2.57. The van der Waals surface area contributed by atoms with Crippen molar-refractivity contribution in [1.82, 2.24) is 9.78 Å². The van der Waals surface area contributed by atoms with Gasteiger partial charge in [0, 0.05) is 7.05 Å². The van der Waals surface area contributed by atoms with Crippen LogP contribution in [0.2, 0.25) is 5.02 Å². The summed E-state index contributed by atoms with van der Waals surface area (Å²) in [5.41, 5.74) is 0.708. The fourth-order valence-electron chi connectivity index (χ4n) is 1.37. The Labute approximate surface area is 117 Å². The molecule has 2 rings (SSSR count). The Hall–Kier alpha value is -1.33. The van der Waals surface area contributed by atoms with E-state index in [1.165, 1.54) is 13.2 Å². The van der Waals surface area contributed by atoms with E-state index in [-0.39, 0.29) is 10.8 Å². The predicted molar refractivity (Wildman–Crippen MR) is 73.4 cm³/mol. The molecule has 0 saturated carbocycles. The summed E-state index contributed by atoms with van der Waals surface area (Å²) in [7, 11) is 1.53. The van der Waals surface area contributed by atoms with E-state index in [4.69, 9.17) is 16.3 Å². The quantitative estimate of drug-likeness (QED) is 0.849. The van der Waals surface area contributed by atoms with E-state index in [1.807, 2.05) is 19.1 Å². The first kappa shape index (κ1) is 13.1. The SMILES string of the molecule is Cc1ccc(Oc2cnn(C)c(=O)c2Cl)c(Br)c1. The van der Waals surface area contributed by atoms with Crippen LogP contribution >= 0.6 is 27.5 Å². The third-order valence-electron chi connectivity index (χ3n) is 2.35. The van der Waals surface area contributed by atoms with Gasteiger partial charge in [-0.25, -0.2) is 4.68 Å². The zero-order valence-electron chi connectivity index (χ0n) is 9.78. The molecule has 1 heterocycles. The van der Waals surface area contributed by atoms with Crippen LogP contribution in [-0.2, 0) is 7.05 Å². The molecule has 0 bridgehead atoms. The maximum absolute atomic E-state index is 11.6. The Bertz CT molecular complexity index is 655. The second-order valence-electron chi connectivity index (χ2n) is 3.79. The Morgan fingerprint density at radius 2 is 2.11 bits per heavy atom. The standard InChI is InChI=1S/C12H10BrClN2O2/c1-7-3-4-9(8(13)5-7)18-10-6-15-16(2)12(17)11(10)14/h3-6H,1-2H3. The molecule has 0 N–H and O–H groups in total. The minimum atomic E-state index is -0.391. The number of nitrogens with zero attached hydrogens (tertiary/aromatic N) is 2. The first-order valence-electron chi connectivity index (χ1n) is 5.15. The van der Waals surface area contributed by atoms with E-state index in [0.717, 1.165) is 14.7 Å². The van der Waals surface area contributed by atoms with Crippen molar-refractivity contribution in [3.05, 3.63) is 49.8 Å². The van der Waals surface area contributed by atoms with Crippen molar-refractivity contribution in [2.45, 2.75) is 6.92 Å². The largest absolute Gasteiger partial charge is 0.453 e. The fourth-order valence-corrected chi connectivity index (χ4v) is 2.16. The molecule has 94 valence electrons. The number of ether oxygens (including phenoxy) is 1. The van der Waals surface area contributed by atoms with Gasteiger partial charge in [-0.15, -0.1) is 0 Å². The highest BCUT2D eigenvalue weighted by molar-refractivity contribution is 9.10. The van der Waals surface area contributed by atoms with Gasteiger partial charge < -0.3 is 4.74 Å². The van der Waals surface area contributed by atoms with Crippen LogP contribution in [0.25, 0.3) is 0 Å². The zero-order valence-corrected chi connectivity index (χ0v) is 12.1. The molecule has 0 aliphatic carbocycles. The summed E-state index contributed by atoms with van der Waals surface area (Å²) in [6.45, 7) is 1.97. The van der Waals surface area contributed by atoms with Crippen LogP contribution in [0.1, 0.15) is 5.56 Å². The van der Waals surface area contributed by atoms with Gasteiger partial charge in [0.2, 0.25) is 0 Å². The van der Waals surface area contributed by atoms with E-state index in [9.17, 15) is 4.79 Å². The van der Waals surface area contributed by atoms with Crippen LogP contribution < -0.4 is 10.3 Å². The van der Waals surface area contributed by atoms with E-state index in [1.54, 1.807) is 6.07 Å². The van der Waals surface area contributed by atoms with Gasteiger partial charge in [0.05, 0.1) is 10.7 Å². The molecular weight excluding hydrogens is 320 g/mol. The molecule has 1 aromatic carbocycles. The molecule has 0 fully saturated rings. The normalized spacial score (nSPS) is 10.4. The van der Waals surface area contributed by atoms with E-state index in [2.05, 4.69) is 21.0 Å². The number of hydrogen-bond donors (Lipinski definition) is 0. The van der Waals surface area contributed by atoms with Gasteiger partial charge in [-0.05, 0) is 40.5 Å². The molecule has 0 unspecified atom stereocenters. The van der Waals surface area contributed by atoms with Crippen molar-refractivity contribution in [3.8, 4) is 11.5 Å². The topological polar surface area (TPSA) is 44.1 Å². The summed E-state index contributed by atoms with van der Waals surface area (Å²) in [6, 6.07) is 5.62. The van der Waals surface area contributed by atoms with Crippen molar-refractivity contribution in [2.75, 3.05) is 0 Å². The second-order valence-corrected chi connectivity index (χ2v) is 5.02. The van der Waals surface area contributed by atoms with E-state index in [0.29, 0.717) is 5.75 Å². The molecule has 0 radical (unpaired) electrons. The number of aromatic nitrogens is 2. The van der Waals surface area contributed by atoms with Gasteiger partial charge >= 0.3 is 0 Å². The van der Waals surface area contributed by atoms with Gasteiger partial charge in [0.25, 0.3) is 5.56 Å². The molecule has 1 aromatic heterocycles. The molecule has 4 nitrogen and oxygen atoms in total. The maximum atomic E-state index is 11.6. The Morgan fingerprint density at radius 3 is 2.78 bits per heavy atom. The molecule has 0 amide bonds. The van der Waals surface area contributed by atoms with Crippen molar-refractivity contribution >= 4 is 27.5 Å². The number of aryl methyl sites for hydroxylation is 2. The molecule has 0 aliphatic rings. The first-order valence-corrected chi connectivity index (χ1v) is 6.32. The molecule has 0 spiro atoms. The zero-order chi connectivity index (χ0) is 13.3. The van der Waals surface area contributed by atoms with E-state index >= 15 is 0 Å². The van der Waals surface area contributed by atoms with E-state index < -0.39 is 5.56 Å². The lowest BCUT2D eigenvalue weighted by Gasteiger charge is -2.09. The van der Waals surface area contributed by atoms with Gasteiger partial charge in [-0.1, -0.05) is 17.7 Å². The van der Waals surface area contributed by atoms with Crippen LogP contribution in [-0.4, -0.2) is 9.78 Å². The lowest BCUT2D eigenvalue weighted by molar-refractivity contribution is 0.470. The van der Waals surface area contributed by atoms with Crippen molar-refractivity contribution < 1.29 is 4.74 Å². The molecule has 0 aliphatic heterocycles. The number of benzene rings is 1. The summed E-state index contributed by atoms with van der Waals surface area (Å²) in [5.74, 6) is 0.821. The van der Waals surface area contributed by atoms with Crippen molar-refractivity contribution in [1.29, 1.82) is 0 Å². The van der Waals surface area contributed by atoms with Crippen LogP contribution in [0.5, 0.6) is 11.5 Å². The van der Waals surface area contributed by atoms with Crippen LogP contribution in [0.3, 0.4) is 0 Å². The highest BCUT2D eigenvalue weighted by Gasteiger charge is 2.11.